The Morgan fingerprint density at radius 2 is 1.72 bits per heavy atom. The number of anilines is 1. The highest BCUT2D eigenvalue weighted by Gasteiger charge is 2.10. The summed E-state index contributed by atoms with van der Waals surface area (Å²) in [6, 6.07) is 18.1. The second kappa shape index (κ2) is 8.29. The highest BCUT2D eigenvalue weighted by Crippen LogP contribution is 2.25. The van der Waals surface area contributed by atoms with E-state index in [9.17, 15) is 0 Å². The molecule has 2 aromatic carbocycles. The van der Waals surface area contributed by atoms with Crippen LogP contribution in [-0.2, 0) is 6.61 Å². The van der Waals surface area contributed by atoms with Gasteiger partial charge in [-0.25, -0.2) is 9.97 Å². The third-order valence-corrected chi connectivity index (χ3v) is 5.01. The van der Waals surface area contributed by atoms with Gasteiger partial charge in [-0.15, -0.1) is 0 Å². The second-order valence-electron chi connectivity index (χ2n) is 5.62. The topological polar surface area (TPSA) is 47.0 Å². The molecule has 0 saturated carbocycles. The molecule has 0 radical (unpaired) electrons. The van der Waals surface area contributed by atoms with Crippen LogP contribution in [0.4, 0.5) is 5.82 Å². The minimum atomic E-state index is 0.559. The SMILES string of the molecule is CCNc1nc(-c2ccc(OCc3ccccc3)cc2)nc(C)c1I. The molecule has 128 valence electrons. The summed E-state index contributed by atoms with van der Waals surface area (Å²) in [6.45, 7) is 5.46. The smallest absolute Gasteiger partial charge is 0.161 e. The van der Waals surface area contributed by atoms with E-state index in [2.05, 4.69) is 56.9 Å². The van der Waals surface area contributed by atoms with Gasteiger partial charge in [-0.05, 0) is 66.3 Å². The Kier molecular flexibility index (Phi) is 5.86. The summed E-state index contributed by atoms with van der Waals surface area (Å²) in [7, 11) is 0. The van der Waals surface area contributed by atoms with Gasteiger partial charge in [0.2, 0.25) is 0 Å². The fourth-order valence-corrected chi connectivity index (χ4v) is 2.85. The van der Waals surface area contributed by atoms with E-state index in [0.29, 0.717) is 6.61 Å². The van der Waals surface area contributed by atoms with E-state index in [-0.39, 0.29) is 0 Å². The van der Waals surface area contributed by atoms with Crippen molar-refractivity contribution in [1.82, 2.24) is 9.97 Å². The van der Waals surface area contributed by atoms with E-state index in [4.69, 9.17) is 4.74 Å². The zero-order valence-electron chi connectivity index (χ0n) is 14.3. The van der Waals surface area contributed by atoms with Crippen LogP contribution >= 0.6 is 22.6 Å². The molecule has 0 aliphatic carbocycles. The number of benzene rings is 2. The van der Waals surface area contributed by atoms with Crippen molar-refractivity contribution in [1.29, 1.82) is 0 Å². The Labute approximate surface area is 161 Å². The molecule has 0 fully saturated rings. The van der Waals surface area contributed by atoms with Crippen LogP contribution in [0.5, 0.6) is 5.75 Å². The largest absolute Gasteiger partial charge is 0.489 e. The predicted molar refractivity (Wildman–Crippen MR) is 110 cm³/mol. The van der Waals surface area contributed by atoms with Crippen LogP contribution < -0.4 is 10.1 Å². The third-order valence-electron chi connectivity index (χ3n) is 3.72. The summed E-state index contributed by atoms with van der Waals surface area (Å²) in [5.74, 6) is 2.44. The molecule has 3 rings (SSSR count). The Balaban J connectivity index is 1.76. The molecule has 0 aliphatic rings. The molecule has 0 aliphatic heterocycles. The zero-order valence-corrected chi connectivity index (χ0v) is 16.4. The van der Waals surface area contributed by atoms with Crippen LogP contribution in [0.1, 0.15) is 18.2 Å². The normalized spacial score (nSPS) is 10.5. The summed E-state index contributed by atoms with van der Waals surface area (Å²) in [6.07, 6.45) is 0. The Bertz CT molecular complexity index is 836. The van der Waals surface area contributed by atoms with Gasteiger partial charge in [0.25, 0.3) is 0 Å². The number of hydrogen-bond acceptors (Lipinski definition) is 4. The van der Waals surface area contributed by atoms with Gasteiger partial charge in [0.15, 0.2) is 5.82 Å². The van der Waals surface area contributed by atoms with Gasteiger partial charge in [0.1, 0.15) is 18.2 Å². The lowest BCUT2D eigenvalue weighted by atomic mass is 10.2. The molecule has 1 N–H and O–H groups in total. The molecule has 1 aromatic heterocycles. The van der Waals surface area contributed by atoms with E-state index in [1.807, 2.05) is 49.4 Å². The molecular weight excluding hydrogens is 425 g/mol. The molecule has 1 heterocycles. The molecule has 0 unspecified atom stereocenters. The maximum atomic E-state index is 5.83. The van der Waals surface area contributed by atoms with E-state index in [1.54, 1.807) is 0 Å². The maximum Gasteiger partial charge on any atom is 0.161 e. The van der Waals surface area contributed by atoms with Crippen molar-refractivity contribution in [3.05, 3.63) is 69.4 Å². The number of rotatable bonds is 6. The number of nitrogens with zero attached hydrogens (tertiary/aromatic N) is 2. The van der Waals surface area contributed by atoms with E-state index >= 15 is 0 Å². The highest BCUT2D eigenvalue weighted by molar-refractivity contribution is 14.1. The Morgan fingerprint density at radius 3 is 2.40 bits per heavy atom. The van der Waals surface area contributed by atoms with Crippen molar-refractivity contribution >= 4 is 28.4 Å². The van der Waals surface area contributed by atoms with Crippen LogP contribution in [0.3, 0.4) is 0 Å². The highest BCUT2D eigenvalue weighted by atomic mass is 127. The molecule has 0 saturated heterocycles. The number of aryl methyl sites for hydroxylation is 1. The number of halogens is 1. The lowest BCUT2D eigenvalue weighted by molar-refractivity contribution is 0.306. The van der Waals surface area contributed by atoms with Gasteiger partial charge in [-0.1, -0.05) is 30.3 Å². The summed E-state index contributed by atoms with van der Waals surface area (Å²) in [4.78, 5) is 9.26. The first-order valence-electron chi connectivity index (χ1n) is 8.22. The van der Waals surface area contributed by atoms with Gasteiger partial charge in [0, 0.05) is 12.1 Å². The fraction of sp³-hybridized carbons (Fsp3) is 0.200. The average molecular weight is 445 g/mol. The monoisotopic (exact) mass is 445 g/mol. The van der Waals surface area contributed by atoms with Gasteiger partial charge in [0.05, 0.1) is 9.26 Å². The van der Waals surface area contributed by atoms with Crippen LogP contribution in [0.15, 0.2) is 54.6 Å². The minimum Gasteiger partial charge on any atom is -0.489 e. The number of nitrogens with one attached hydrogen (secondary N) is 1. The standard InChI is InChI=1S/C20H20IN3O/c1-3-22-20-18(21)14(2)23-19(24-20)16-9-11-17(12-10-16)25-13-15-7-5-4-6-8-15/h4-12H,3,13H2,1-2H3,(H,22,23,24). The number of aromatic nitrogens is 2. The lowest BCUT2D eigenvalue weighted by Gasteiger charge is -2.11. The first-order valence-corrected chi connectivity index (χ1v) is 9.30. The van der Waals surface area contributed by atoms with E-state index < -0.39 is 0 Å². The fourth-order valence-electron chi connectivity index (χ4n) is 2.41. The number of hydrogen-bond donors (Lipinski definition) is 1. The molecule has 5 heteroatoms. The van der Waals surface area contributed by atoms with Crippen molar-refractivity contribution < 1.29 is 4.74 Å². The van der Waals surface area contributed by atoms with Gasteiger partial charge in [-0.3, -0.25) is 0 Å². The van der Waals surface area contributed by atoms with Crippen molar-refractivity contribution in [2.45, 2.75) is 20.5 Å². The summed E-state index contributed by atoms with van der Waals surface area (Å²) >= 11 is 2.28. The number of ether oxygens (including phenoxy) is 1. The second-order valence-corrected chi connectivity index (χ2v) is 6.70. The van der Waals surface area contributed by atoms with Crippen LogP contribution in [0.2, 0.25) is 0 Å². The summed E-state index contributed by atoms with van der Waals surface area (Å²) in [5, 5.41) is 3.29. The van der Waals surface area contributed by atoms with Crippen molar-refractivity contribution in [3.63, 3.8) is 0 Å². The molecular formula is C20H20IN3O. The van der Waals surface area contributed by atoms with Crippen molar-refractivity contribution in [3.8, 4) is 17.1 Å². The molecule has 25 heavy (non-hydrogen) atoms. The third kappa shape index (κ3) is 4.48. The molecule has 0 bridgehead atoms. The Hall–Kier alpha value is -2.15. The minimum absolute atomic E-state index is 0.559. The summed E-state index contributed by atoms with van der Waals surface area (Å²) in [5.41, 5.74) is 3.11. The van der Waals surface area contributed by atoms with Gasteiger partial charge in [-0.2, -0.15) is 0 Å². The maximum absolute atomic E-state index is 5.83. The van der Waals surface area contributed by atoms with Crippen LogP contribution in [0, 0.1) is 10.5 Å². The van der Waals surface area contributed by atoms with Crippen LogP contribution in [-0.4, -0.2) is 16.5 Å². The summed E-state index contributed by atoms with van der Waals surface area (Å²) < 4.78 is 6.89. The van der Waals surface area contributed by atoms with Gasteiger partial charge >= 0.3 is 0 Å². The molecule has 0 atom stereocenters. The predicted octanol–water partition coefficient (Wildman–Crippen LogP) is 5.07. The van der Waals surface area contributed by atoms with Crippen molar-refractivity contribution in [2.24, 2.45) is 0 Å². The van der Waals surface area contributed by atoms with Crippen molar-refractivity contribution in [2.75, 3.05) is 11.9 Å². The first kappa shape index (κ1) is 17.7. The van der Waals surface area contributed by atoms with E-state index in [0.717, 1.165) is 44.3 Å². The molecule has 3 aromatic rings. The van der Waals surface area contributed by atoms with Gasteiger partial charge < -0.3 is 10.1 Å². The molecule has 4 nitrogen and oxygen atoms in total. The quantitative estimate of drug-likeness (QED) is 0.539. The Morgan fingerprint density at radius 1 is 1.00 bits per heavy atom. The first-order chi connectivity index (χ1) is 12.2. The average Bonchev–Trinajstić information content (AvgIpc) is 2.65. The lowest BCUT2D eigenvalue weighted by Crippen LogP contribution is -2.06. The van der Waals surface area contributed by atoms with Crippen LogP contribution in [0.25, 0.3) is 11.4 Å². The molecule has 0 spiro atoms. The van der Waals surface area contributed by atoms with E-state index in [1.165, 1.54) is 0 Å². The molecule has 0 amide bonds. The zero-order chi connectivity index (χ0) is 17.6.